The van der Waals surface area contributed by atoms with Gasteiger partial charge < -0.3 is 10.2 Å². The zero-order valence-corrected chi connectivity index (χ0v) is 18.3. The van der Waals surface area contributed by atoms with Gasteiger partial charge in [0.2, 0.25) is 0 Å². The van der Waals surface area contributed by atoms with E-state index in [0.29, 0.717) is 31.7 Å². The number of ketones is 1. The van der Waals surface area contributed by atoms with E-state index in [9.17, 15) is 24.2 Å². The van der Waals surface area contributed by atoms with Crippen LogP contribution in [0.3, 0.4) is 0 Å². The number of benzene rings is 1. The van der Waals surface area contributed by atoms with Gasteiger partial charge in [-0.15, -0.1) is 0 Å². The average Bonchev–Trinajstić information content (AvgIpc) is 3.52. The lowest BCUT2D eigenvalue weighted by molar-refractivity contribution is -0.142. The molecule has 2 saturated heterocycles. The molecule has 1 aromatic carbocycles. The summed E-state index contributed by atoms with van der Waals surface area (Å²) in [7, 11) is 0. The van der Waals surface area contributed by atoms with E-state index in [1.165, 1.54) is 6.07 Å². The van der Waals surface area contributed by atoms with Crippen LogP contribution in [0.2, 0.25) is 0 Å². The topological polar surface area (TPSA) is 81.1 Å². The SMILES string of the molecule is O=C(C1CC1)C(c1ccccc1F)N1CCC(S)/C(=C/CN2C[C@H](O)C[C@H]2C(=O)O)C1. The second-order valence-corrected chi connectivity index (χ2v) is 9.48. The zero-order valence-electron chi connectivity index (χ0n) is 17.4. The van der Waals surface area contributed by atoms with Gasteiger partial charge in [0.05, 0.1) is 12.1 Å². The molecule has 2 N–H and O–H groups in total. The van der Waals surface area contributed by atoms with Gasteiger partial charge in [-0.25, -0.2) is 4.39 Å². The Morgan fingerprint density at radius 2 is 2.00 bits per heavy atom. The molecular weight excluding hydrogens is 419 g/mol. The third-order valence-electron chi connectivity index (χ3n) is 6.57. The van der Waals surface area contributed by atoms with Gasteiger partial charge in [0, 0.05) is 49.3 Å². The van der Waals surface area contributed by atoms with Crippen molar-refractivity contribution in [3.05, 3.63) is 47.3 Å². The van der Waals surface area contributed by atoms with Crippen molar-refractivity contribution in [2.75, 3.05) is 26.2 Å². The normalized spacial score (nSPS) is 29.9. The number of carboxylic acid groups (broad SMARTS) is 1. The average molecular weight is 449 g/mol. The largest absolute Gasteiger partial charge is 0.480 e. The van der Waals surface area contributed by atoms with Crippen LogP contribution in [0.5, 0.6) is 0 Å². The maximum Gasteiger partial charge on any atom is 0.321 e. The highest BCUT2D eigenvalue weighted by Gasteiger charge is 2.41. The number of likely N-dealkylation sites (tertiary alicyclic amines) is 2. The van der Waals surface area contributed by atoms with E-state index in [4.69, 9.17) is 12.6 Å². The number of piperidine rings is 1. The van der Waals surface area contributed by atoms with Gasteiger partial charge in [0.1, 0.15) is 11.9 Å². The number of nitrogens with zero attached hydrogens (tertiary/aromatic N) is 2. The van der Waals surface area contributed by atoms with Crippen LogP contribution in [-0.2, 0) is 9.59 Å². The lowest BCUT2D eigenvalue weighted by Gasteiger charge is -2.38. The highest BCUT2D eigenvalue weighted by Crippen LogP contribution is 2.39. The third kappa shape index (κ3) is 5.03. The molecule has 2 aliphatic heterocycles. The summed E-state index contributed by atoms with van der Waals surface area (Å²) < 4.78 is 14.6. The Kier molecular flexibility index (Phi) is 6.81. The molecule has 8 heteroatoms. The summed E-state index contributed by atoms with van der Waals surface area (Å²) in [5, 5.41) is 19.3. The monoisotopic (exact) mass is 448 g/mol. The Labute approximate surface area is 187 Å². The standard InChI is InChI=1S/C23H29FN2O4S/c24-18-4-2-1-3-17(18)21(22(28)14-5-6-14)26-10-8-20(31)15(12-26)7-9-25-13-16(27)11-19(25)23(29)30/h1-4,7,14,16,19-21,27,31H,5-6,8-13H2,(H,29,30)/b15-7+/t16-,19+,20?,21?/m1/s1. The smallest absolute Gasteiger partial charge is 0.321 e. The van der Waals surface area contributed by atoms with Crippen molar-refractivity contribution in [3.8, 4) is 0 Å². The molecule has 31 heavy (non-hydrogen) atoms. The van der Waals surface area contributed by atoms with Crippen LogP contribution in [0.15, 0.2) is 35.9 Å². The molecule has 1 aliphatic carbocycles. The van der Waals surface area contributed by atoms with Crippen molar-refractivity contribution >= 4 is 24.4 Å². The number of aliphatic hydroxyl groups is 1. The maximum atomic E-state index is 14.6. The summed E-state index contributed by atoms with van der Waals surface area (Å²) in [6.07, 6.45) is 4.00. The van der Waals surface area contributed by atoms with Crippen molar-refractivity contribution < 1.29 is 24.2 Å². The first-order chi connectivity index (χ1) is 14.8. The molecule has 4 rings (SSSR count). The Morgan fingerprint density at radius 3 is 2.68 bits per heavy atom. The number of aliphatic carboxylic acids is 1. The molecule has 3 aliphatic rings. The van der Waals surface area contributed by atoms with Crippen molar-refractivity contribution in [2.45, 2.75) is 49.1 Å². The fraction of sp³-hybridized carbons (Fsp3) is 0.565. The minimum Gasteiger partial charge on any atom is -0.480 e. The van der Waals surface area contributed by atoms with Crippen LogP contribution in [0.1, 0.15) is 37.3 Å². The number of rotatable bonds is 7. The first kappa shape index (κ1) is 22.5. The van der Waals surface area contributed by atoms with E-state index < -0.39 is 24.2 Å². The Hall–Kier alpha value is -1.74. The molecule has 168 valence electrons. The Morgan fingerprint density at radius 1 is 1.26 bits per heavy atom. The molecule has 4 atom stereocenters. The molecule has 0 spiro atoms. The number of Topliss-reactive ketones (excluding diaryl/α,β-unsaturated/α-hetero) is 1. The van der Waals surface area contributed by atoms with Gasteiger partial charge in [-0.1, -0.05) is 24.3 Å². The zero-order chi connectivity index (χ0) is 22.1. The predicted octanol–water partition coefficient (Wildman–Crippen LogP) is 2.30. The summed E-state index contributed by atoms with van der Waals surface area (Å²) in [6, 6.07) is 5.17. The van der Waals surface area contributed by atoms with E-state index in [-0.39, 0.29) is 29.2 Å². The molecule has 2 heterocycles. The van der Waals surface area contributed by atoms with Crippen LogP contribution < -0.4 is 0 Å². The number of β-amino-alcohol motifs (C(OH)–C–C–N with tert-alkyl or cyclic N) is 1. The molecule has 3 fully saturated rings. The fourth-order valence-electron chi connectivity index (χ4n) is 4.70. The molecular formula is C23H29FN2O4S. The highest BCUT2D eigenvalue weighted by molar-refractivity contribution is 7.81. The summed E-state index contributed by atoms with van der Waals surface area (Å²) in [4.78, 5) is 28.4. The van der Waals surface area contributed by atoms with Crippen LogP contribution in [0, 0.1) is 11.7 Å². The minimum absolute atomic E-state index is 0.00403. The molecule has 0 amide bonds. The summed E-state index contributed by atoms with van der Waals surface area (Å²) in [5.41, 5.74) is 1.43. The maximum absolute atomic E-state index is 14.6. The number of thiol groups is 1. The second kappa shape index (κ2) is 9.40. The van der Waals surface area contributed by atoms with Gasteiger partial charge in [-0.3, -0.25) is 19.4 Å². The lowest BCUT2D eigenvalue weighted by Crippen LogP contribution is -2.43. The minimum atomic E-state index is -0.933. The van der Waals surface area contributed by atoms with Gasteiger partial charge in [0.15, 0.2) is 5.78 Å². The number of aliphatic hydroxyl groups excluding tert-OH is 1. The van der Waals surface area contributed by atoms with Crippen LogP contribution >= 0.6 is 12.6 Å². The summed E-state index contributed by atoms with van der Waals surface area (Å²) in [5.74, 6) is -1.21. The molecule has 0 radical (unpaired) electrons. The molecule has 1 aromatic rings. The van der Waals surface area contributed by atoms with Crippen LogP contribution in [0.4, 0.5) is 4.39 Å². The molecule has 0 aromatic heterocycles. The van der Waals surface area contributed by atoms with Gasteiger partial charge in [-0.05, 0) is 30.9 Å². The van der Waals surface area contributed by atoms with Crippen molar-refractivity contribution in [1.82, 2.24) is 9.80 Å². The first-order valence-electron chi connectivity index (χ1n) is 10.9. The van der Waals surface area contributed by atoms with Crippen molar-refractivity contribution in [2.24, 2.45) is 5.92 Å². The number of carbonyl (C=O) groups excluding carboxylic acids is 1. The number of hydrogen-bond donors (Lipinski definition) is 3. The number of carbonyl (C=O) groups is 2. The molecule has 1 saturated carbocycles. The summed E-state index contributed by atoms with van der Waals surface area (Å²) >= 11 is 4.70. The summed E-state index contributed by atoms with van der Waals surface area (Å²) in [6.45, 7) is 1.85. The number of halogens is 1. The van der Waals surface area contributed by atoms with Crippen LogP contribution in [0.25, 0.3) is 0 Å². The quantitative estimate of drug-likeness (QED) is 0.439. The van der Waals surface area contributed by atoms with E-state index >= 15 is 0 Å². The van der Waals surface area contributed by atoms with Crippen molar-refractivity contribution in [1.29, 1.82) is 0 Å². The van der Waals surface area contributed by atoms with Crippen LogP contribution in [-0.4, -0.2) is 75.3 Å². The molecule has 2 unspecified atom stereocenters. The predicted molar refractivity (Wildman–Crippen MR) is 118 cm³/mol. The Balaban J connectivity index is 1.53. The second-order valence-electron chi connectivity index (χ2n) is 8.85. The number of hydrogen-bond acceptors (Lipinski definition) is 6. The van der Waals surface area contributed by atoms with E-state index in [1.54, 1.807) is 23.1 Å². The third-order valence-corrected chi connectivity index (χ3v) is 7.16. The number of carboxylic acids is 1. The van der Waals surface area contributed by atoms with Crippen molar-refractivity contribution in [3.63, 3.8) is 0 Å². The van der Waals surface area contributed by atoms with E-state index in [1.807, 2.05) is 11.0 Å². The van der Waals surface area contributed by atoms with Gasteiger partial charge >= 0.3 is 5.97 Å². The van der Waals surface area contributed by atoms with Gasteiger partial charge in [0.25, 0.3) is 0 Å². The lowest BCUT2D eigenvalue weighted by atomic mass is 9.93. The fourth-order valence-corrected chi connectivity index (χ4v) is 5.01. The van der Waals surface area contributed by atoms with Gasteiger partial charge in [-0.2, -0.15) is 12.6 Å². The van der Waals surface area contributed by atoms with E-state index in [0.717, 1.165) is 24.8 Å². The molecule has 6 nitrogen and oxygen atoms in total. The molecule has 0 bridgehead atoms. The highest BCUT2D eigenvalue weighted by atomic mass is 32.1. The first-order valence-corrected chi connectivity index (χ1v) is 11.4. The Bertz CT molecular complexity index is 875. The van der Waals surface area contributed by atoms with E-state index in [2.05, 4.69) is 0 Å².